The molecule has 0 aromatic heterocycles. The normalized spacial score (nSPS) is 27.6. The smallest absolute Gasteiger partial charge is 0.385 e. The van der Waals surface area contributed by atoms with Crippen molar-refractivity contribution < 1.29 is 22.7 Å². The second kappa shape index (κ2) is 5.02. The lowest BCUT2D eigenvalue weighted by Gasteiger charge is -2.38. The first-order valence-corrected chi connectivity index (χ1v) is 6.70. The largest absolute Gasteiger partial charge is 0.391 e. The van der Waals surface area contributed by atoms with Gasteiger partial charge in [0.25, 0.3) is 0 Å². The second-order valence-electron chi connectivity index (χ2n) is 5.79. The number of aliphatic hydroxyl groups is 1. The Kier molecular flexibility index (Phi) is 3.84. The molecule has 1 fully saturated rings. The van der Waals surface area contributed by atoms with E-state index in [0.29, 0.717) is 5.56 Å². The van der Waals surface area contributed by atoms with Crippen LogP contribution in [0.2, 0.25) is 0 Å². The van der Waals surface area contributed by atoms with E-state index in [-0.39, 0.29) is 31.2 Å². The van der Waals surface area contributed by atoms with Gasteiger partial charge in [-0.05, 0) is 56.7 Å². The van der Waals surface area contributed by atoms with Crippen LogP contribution >= 0.6 is 0 Å². The van der Waals surface area contributed by atoms with E-state index in [4.69, 9.17) is 0 Å². The SMILES string of the molecule is Cc1cc(C)c(C2(O)CCC(C(F)(F)F)CC2)c(F)c1. The van der Waals surface area contributed by atoms with E-state index in [2.05, 4.69) is 0 Å². The molecule has 20 heavy (non-hydrogen) atoms. The van der Waals surface area contributed by atoms with Crippen LogP contribution in [0.1, 0.15) is 42.4 Å². The summed E-state index contributed by atoms with van der Waals surface area (Å²) in [6.07, 6.45) is -4.67. The average molecular weight is 290 g/mol. The van der Waals surface area contributed by atoms with Crippen LogP contribution in [0.25, 0.3) is 0 Å². The predicted octanol–water partition coefficient (Wildman–Crippen LogP) is 4.38. The highest BCUT2D eigenvalue weighted by Gasteiger charge is 2.46. The van der Waals surface area contributed by atoms with Gasteiger partial charge in [0, 0.05) is 5.56 Å². The Morgan fingerprint density at radius 1 is 1.15 bits per heavy atom. The van der Waals surface area contributed by atoms with Crippen molar-refractivity contribution in [1.82, 2.24) is 0 Å². The van der Waals surface area contributed by atoms with Gasteiger partial charge in [-0.2, -0.15) is 13.2 Å². The fraction of sp³-hybridized carbons (Fsp3) is 0.600. The van der Waals surface area contributed by atoms with Crippen LogP contribution in [-0.4, -0.2) is 11.3 Å². The second-order valence-corrected chi connectivity index (χ2v) is 5.79. The molecule has 0 atom stereocenters. The molecule has 0 bridgehead atoms. The van der Waals surface area contributed by atoms with Crippen LogP contribution in [0.4, 0.5) is 17.6 Å². The zero-order valence-electron chi connectivity index (χ0n) is 11.5. The van der Waals surface area contributed by atoms with Gasteiger partial charge < -0.3 is 5.11 Å². The first-order valence-electron chi connectivity index (χ1n) is 6.70. The summed E-state index contributed by atoms with van der Waals surface area (Å²) < 4.78 is 52.0. The molecule has 112 valence electrons. The maximum atomic E-state index is 14.1. The summed E-state index contributed by atoms with van der Waals surface area (Å²) in [6.45, 7) is 3.42. The standard InChI is InChI=1S/C15H18F4O/c1-9-7-10(2)13(12(16)8-9)14(20)5-3-11(4-6-14)15(17,18)19/h7-8,11,20H,3-6H2,1-2H3. The molecule has 1 aromatic carbocycles. The number of benzene rings is 1. The molecule has 0 unspecified atom stereocenters. The van der Waals surface area contributed by atoms with Crippen molar-refractivity contribution in [3.8, 4) is 0 Å². The molecule has 0 saturated heterocycles. The minimum Gasteiger partial charge on any atom is -0.385 e. The molecular weight excluding hydrogens is 272 g/mol. The maximum absolute atomic E-state index is 14.1. The molecule has 1 N–H and O–H groups in total. The van der Waals surface area contributed by atoms with Crippen molar-refractivity contribution >= 4 is 0 Å². The highest BCUT2D eigenvalue weighted by atomic mass is 19.4. The fourth-order valence-corrected chi connectivity index (χ4v) is 3.18. The number of hydrogen-bond acceptors (Lipinski definition) is 1. The number of aryl methyl sites for hydroxylation is 2. The summed E-state index contributed by atoms with van der Waals surface area (Å²) in [5.74, 6) is -1.92. The predicted molar refractivity (Wildman–Crippen MR) is 67.8 cm³/mol. The highest BCUT2D eigenvalue weighted by Crippen LogP contribution is 2.46. The Hall–Kier alpha value is -1.10. The third-order valence-corrected chi connectivity index (χ3v) is 4.17. The summed E-state index contributed by atoms with van der Waals surface area (Å²) >= 11 is 0. The lowest BCUT2D eigenvalue weighted by molar-refractivity contribution is -0.193. The lowest BCUT2D eigenvalue weighted by Crippen LogP contribution is -2.37. The first-order chi connectivity index (χ1) is 9.13. The van der Waals surface area contributed by atoms with E-state index in [1.165, 1.54) is 6.07 Å². The van der Waals surface area contributed by atoms with Gasteiger partial charge >= 0.3 is 6.18 Å². The first kappa shape index (κ1) is 15.3. The Bertz CT molecular complexity index is 476. The molecule has 1 aromatic rings. The molecule has 0 spiro atoms. The van der Waals surface area contributed by atoms with Gasteiger partial charge in [-0.3, -0.25) is 0 Å². The Morgan fingerprint density at radius 2 is 1.70 bits per heavy atom. The van der Waals surface area contributed by atoms with Gasteiger partial charge in [-0.25, -0.2) is 4.39 Å². The average Bonchev–Trinajstić information content (AvgIpc) is 2.26. The number of alkyl halides is 3. The van der Waals surface area contributed by atoms with E-state index < -0.39 is 23.5 Å². The van der Waals surface area contributed by atoms with Gasteiger partial charge in [0.05, 0.1) is 11.5 Å². The Morgan fingerprint density at radius 3 is 2.15 bits per heavy atom. The van der Waals surface area contributed by atoms with Crippen molar-refractivity contribution in [2.75, 3.05) is 0 Å². The van der Waals surface area contributed by atoms with Crippen LogP contribution in [0.5, 0.6) is 0 Å². The van der Waals surface area contributed by atoms with Crippen molar-refractivity contribution in [3.63, 3.8) is 0 Å². The lowest BCUT2D eigenvalue weighted by atomic mass is 9.73. The van der Waals surface area contributed by atoms with E-state index >= 15 is 0 Å². The highest BCUT2D eigenvalue weighted by molar-refractivity contribution is 5.36. The van der Waals surface area contributed by atoms with Crippen molar-refractivity contribution in [2.45, 2.75) is 51.3 Å². The molecule has 0 radical (unpaired) electrons. The zero-order valence-corrected chi connectivity index (χ0v) is 11.5. The Labute approximate surface area is 115 Å². The monoisotopic (exact) mass is 290 g/mol. The van der Waals surface area contributed by atoms with E-state index in [1.54, 1.807) is 19.9 Å². The summed E-state index contributed by atoms with van der Waals surface area (Å²) in [5, 5.41) is 10.6. The van der Waals surface area contributed by atoms with Crippen LogP contribution < -0.4 is 0 Å². The zero-order chi connectivity index (χ0) is 15.1. The van der Waals surface area contributed by atoms with Crippen molar-refractivity contribution in [2.24, 2.45) is 5.92 Å². The van der Waals surface area contributed by atoms with Gasteiger partial charge in [-0.15, -0.1) is 0 Å². The number of hydrogen-bond donors (Lipinski definition) is 1. The molecule has 0 heterocycles. The van der Waals surface area contributed by atoms with E-state index in [9.17, 15) is 22.7 Å². The minimum atomic E-state index is -4.23. The Balaban J connectivity index is 2.27. The quantitative estimate of drug-likeness (QED) is 0.761. The fourth-order valence-electron chi connectivity index (χ4n) is 3.18. The molecule has 1 aliphatic rings. The summed E-state index contributed by atoms with van der Waals surface area (Å²) in [5.41, 5.74) is -0.000569. The molecular formula is C15H18F4O. The minimum absolute atomic E-state index is 0.0575. The van der Waals surface area contributed by atoms with E-state index in [1.807, 2.05) is 0 Å². The molecule has 0 amide bonds. The summed E-state index contributed by atoms with van der Waals surface area (Å²) in [4.78, 5) is 0. The third kappa shape index (κ3) is 2.82. The molecule has 1 aliphatic carbocycles. The van der Waals surface area contributed by atoms with Crippen molar-refractivity contribution in [3.05, 3.63) is 34.6 Å². The molecule has 5 heteroatoms. The van der Waals surface area contributed by atoms with Gasteiger partial charge in [-0.1, -0.05) is 6.07 Å². The van der Waals surface area contributed by atoms with Gasteiger partial charge in [0.1, 0.15) is 5.82 Å². The number of rotatable bonds is 1. The van der Waals surface area contributed by atoms with Crippen molar-refractivity contribution in [1.29, 1.82) is 0 Å². The summed E-state index contributed by atoms with van der Waals surface area (Å²) in [7, 11) is 0. The molecule has 0 aliphatic heterocycles. The van der Waals surface area contributed by atoms with Crippen LogP contribution in [0.3, 0.4) is 0 Å². The number of halogens is 4. The van der Waals surface area contributed by atoms with Crippen LogP contribution in [0.15, 0.2) is 12.1 Å². The molecule has 2 rings (SSSR count). The maximum Gasteiger partial charge on any atom is 0.391 e. The van der Waals surface area contributed by atoms with E-state index in [0.717, 1.165) is 5.56 Å². The molecule has 1 saturated carbocycles. The molecule has 1 nitrogen and oxygen atoms in total. The van der Waals surface area contributed by atoms with Crippen LogP contribution in [-0.2, 0) is 5.60 Å². The van der Waals surface area contributed by atoms with Gasteiger partial charge in [0.2, 0.25) is 0 Å². The van der Waals surface area contributed by atoms with Crippen LogP contribution in [0, 0.1) is 25.6 Å². The topological polar surface area (TPSA) is 20.2 Å². The van der Waals surface area contributed by atoms with Gasteiger partial charge in [0.15, 0.2) is 0 Å². The summed E-state index contributed by atoms with van der Waals surface area (Å²) in [6, 6.07) is 3.06. The third-order valence-electron chi connectivity index (χ3n) is 4.17.